The van der Waals surface area contributed by atoms with E-state index in [-0.39, 0.29) is 5.56 Å². The molecule has 0 radical (unpaired) electrons. The van der Waals surface area contributed by atoms with Gasteiger partial charge in [-0.25, -0.2) is 4.98 Å². The second kappa shape index (κ2) is 5.29. The maximum absolute atomic E-state index is 11.9. The van der Waals surface area contributed by atoms with Gasteiger partial charge in [0.25, 0.3) is 5.56 Å². The molecule has 6 heteroatoms. The van der Waals surface area contributed by atoms with Crippen LogP contribution in [0.2, 0.25) is 0 Å². The van der Waals surface area contributed by atoms with Crippen molar-refractivity contribution in [3.8, 4) is 0 Å². The van der Waals surface area contributed by atoms with Crippen molar-refractivity contribution in [3.05, 3.63) is 40.7 Å². The Morgan fingerprint density at radius 1 is 1.47 bits per heavy atom. The fraction of sp³-hybridized carbons (Fsp3) is 0.364. The summed E-state index contributed by atoms with van der Waals surface area (Å²) < 4.78 is 1.66. The van der Waals surface area contributed by atoms with Crippen LogP contribution in [0.5, 0.6) is 0 Å². The molecule has 0 saturated heterocycles. The van der Waals surface area contributed by atoms with E-state index in [4.69, 9.17) is 0 Å². The van der Waals surface area contributed by atoms with Crippen molar-refractivity contribution < 1.29 is 0 Å². The summed E-state index contributed by atoms with van der Waals surface area (Å²) in [6, 6.07) is 1.85. The fourth-order valence-electron chi connectivity index (χ4n) is 1.55. The van der Waals surface area contributed by atoms with E-state index in [2.05, 4.69) is 20.5 Å². The molecule has 17 heavy (non-hydrogen) atoms. The van der Waals surface area contributed by atoms with E-state index in [0.29, 0.717) is 18.9 Å². The molecule has 0 unspecified atom stereocenters. The lowest BCUT2D eigenvalue weighted by Crippen LogP contribution is -2.24. The van der Waals surface area contributed by atoms with Crippen LogP contribution in [0.1, 0.15) is 19.0 Å². The summed E-state index contributed by atoms with van der Waals surface area (Å²) in [6.07, 6.45) is 5.92. The summed E-state index contributed by atoms with van der Waals surface area (Å²) >= 11 is 0. The zero-order valence-corrected chi connectivity index (χ0v) is 9.68. The predicted molar refractivity (Wildman–Crippen MR) is 64.7 cm³/mol. The number of hydrogen-bond donors (Lipinski definition) is 2. The smallest absolute Gasteiger partial charge is 0.293 e. The van der Waals surface area contributed by atoms with Crippen molar-refractivity contribution in [2.24, 2.45) is 0 Å². The zero-order valence-electron chi connectivity index (χ0n) is 9.68. The molecule has 0 fully saturated rings. The van der Waals surface area contributed by atoms with Crippen molar-refractivity contribution in [1.29, 1.82) is 0 Å². The number of nitrogens with one attached hydrogen (secondary N) is 2. The average Bonchev–Trinajstić information content (AvgIpc) is 2.83. The molecular weight excluding hydrogens is 218 g/mol. The first-order chi connectivity index (χ1) is 8.31. The van der Waals surface area contributed by atoms with Gasteiger partial charge in [-0.1, -0.05) is 6.92 Å². The van der Waals surface area contributed by atoms with Crippen LogP contribution in [0.25, 0.3) is 0 Å². The van der Waals surface area contributed by atoms with Gasteiger partial charge >= 0.3 is 0 Å². The Morgan fingerprint density at radius 3 is 3.06 bits per heavy atom. The molecule has 2 heterocycles. The first-order valence-corrected chi connectivity index (χ1v) is 5.59. The van der Waals surface area contributed by atoms with Gasteiger partial charge in [-0.05, 0) is 12.5 Å². The number of rotatable bonds is 5. The number of aromatic amines is 1. The molecular formula is C11H15N5O. The number of nitrogens with zero attached hydrogens (tertiary/aromatic N) is 3. The molecule has 0 aliphatic heterocycles. The van der Waals surface area contributed by atoms with Crippen LogP contribution >= 0.6 is 0 Å². The highest BCUT2D eigenvalue weighted by molar-refractivity contribution is 5.31. The minimum Gasteiger partial charge on any atom is -0.360 e. The second-order valence-electron chi connectivity index (χ2n) is 3.71. The van der Waals surface area contributed by atoms with Crippen LogP contribution in [0, 0.1) is 0 Å². The molecule has 90 valence electrons. The molecule has 2 aromatic rings. The molecule has 2 rings (SSSR count). The highest BCUT2D eigenvalue weighted by Gasteiger charge is 2.03. The first-order valence-electron chi connectivity index (χ1n) is 5.59. The molecule has 0 aliphatic rings. The lowest BCUT2D eigenvalue weighted by molar-refractivity contribution is 0.649. The van der Waals surface area contributed by atoms with Gasteiger partial charge in [-0.3, -0.25) is 9.89 Å². The highest BCUT2D eigenvalue weighted by Crippen LogP contribution is 1.98. The summed E-state index contributed by atoms with van der Waals surface area (Å²) in [6.45, 7) is 3.25. The van der Waals surface area contributed by atoms with Gasteiger partial charge in [0.1, 0.15) is 0 Å². The first kappa shape index (κ1) is 11.4. The Labute approximate surface area is 98.7 Å². The topological polar surface area (TPSA) is 75.6 Å². The zero-order chi connectivity index (χ0) is 12.1. The van der Waals surface area contributed by atoms with Crippen molar-refractivity contribution in [3.63, 3.8) is 0 Å². The third-order valence-corrected chi connectivity index (χ3v) is 2.38. The van der Waals surface area contributed by atoms with Crippen molar-refractivity contribution >= 4 is 5.82 Å². The third kappa shape index (κ3) is 2.72. The Hall–Kier alpha value is -2.11. The lowest BCUT2D eigenvalue weighted by atomic mass is 10.4. The summed E-state index contributed by atoms with van der Waals surface area (Å²) in [5.74, 6) is 0.371. The maximum atomic E-state index is 11.9. The standard InChI is InChI=1S/C11H15N5O/c1-2-6-16-7-5-12-10(11(16)17)13-8-9-3-4-14-15-9/h3-5,7H,2,6,8H2,1H3,(H,12,13)(H,14,15). The quantitative estimate of drug-likeness (QED) is 0.807. The van der Waals surface area contributed by atoms with Crippen LogP contribution in [-0.4, -0.2) is 19.7 Å². The summed E-state index contributed by atoms with van der Waals surface area (Å²) in [5, 5.41) is 9.65. The summed E-state index contributed by atoms with van der Waals surface area (Å²) in [4.78, 5) is 16.0. The van der Waals surface area contributed by atoms with Crippen LogP contribution in [0.15, 0.2) is 29.5 Å². The highest BCUT2D eigenvalue weighted by atomic mass is 16.1. The third-order valence-electron chi connectivity index (χ3n) is 2.38. The number of hydrogen-bond acceptors (Lipinski definition) is 4. The average molecular weight is 233 g/mol. The van der Waals surface area contributed by atoms with Gasteiger partial charge in [-0.2, -0.15) is 5.10 Å². The SMILES string of the molecule is CCCn1ccnc(NCc2ccn[nH]2)c1=O. The molecule has 0 aromatic carbocycles. The van der Waals surface area contributed by atoms with Crippen LogP contribution in [0.4, 0.5) is 5.82 Å². The molecule has 0 spiro atoms. The van der Waals surface area contributed by atoms with Gasteiger partial charge in [0.05, 0.1) is 12.2 Å². The Morgan fingerprint density at radius 2 is 2.35 bits per heavy atom. The number of anilines is 1. The van der Waals surface area contributed by atoms with Gasteiger partial charge in [0.2, 0.25) is 0 Å². The lowest BCUT2D eigenvalue weighted by Gasteiger charge is -2.07. The van der Waals surface area contributed by atoms with Crippen LogP contribution in [-0.2, 0) is 13.1 Å². The van der Waals surface area contributed by atoms with E-state index in [9.17, 15) is 4.79 Å². The van der Waals surface area contributed by atoms with Crippen molar-refractivity contribution in [1.82, 2.24) is 19.7 Å². The van der Waals surface area contributed by atoms with Crippen molar-refractivity contribution in [2.75, 3.05) is 5.32 Å². The molecule has 0 aliphatic carbocycles. The minimum absolute atomic E-state index is 0.0890. The second-order valence-corrected chi connectivity index (χ2v) is 3.71. The molecule has 2 aromatic heterocycles. The minimum atomic E-state index is -0.0890. The number of aromatic nitrogens is 4. The van der Waals surface area contributed by atoms with E-state index in [1.165, 1.54) is 0 Å². The van der Waals surface area contributed by atoms with Crippen LogP contribution < -0.4 is 10.9 Å². The molecule has 0 saturated carbocycles. The van der Waals surface area contributed by atoms with Crippen molar-refractivity contribution in [2.45, 2.75) is 26.4 Å². The van der Waals surface area contributed by atoms with E-state index in [0.717, 1.165) is 12.1 Å². The Bertz CT molecular complexity index is 517. The van der Waals surface area contributed by atoms with E-state index in [1.54, 1.807) is 23.2 Å². The number of H-pyrrole nitrogens is 1. The molecule has 0 bridgehead atoms. The number of aryl methyl sites for hydroxylation is 1. The monoisotopic (exact) mass is 233 g/mol. The maximum Gasteiger partial charge on any atom is 0.293 e. The molecule has 2 N–H and O–H groups in total. The normalized spacial score (nSPS) is 10.4. The van der Waals surface area contributed by atoms with Gasteiger partial charge in [0, 0.05) is 25.1 Å². The van der Waals surface area contributed by atoms with Crippen LogP contribution in [0.3, 0.4) is 0 Å². The van der Waals surface area contributed by atoms with Gasteiger partial charge < -0.3 is 9.88 Å². The molecule has 0 atom stereocenters. The molecule has 6 nitrogen and oxygen atoms in total. The Kier molecular flexibility index (Phi) is 3.54. The van der Waals surface area contributed by atoms with E-state index >= 15 is 0 Å². The van der Waals surface area contributed by atoms with Gasteiger partial charge in [-0.15, -0.1) is 0 Å². The summed E-state index contributed by atoms with van der Waals surface area (Å²) in [5.41, 5.74) is 0.825. The largest absolute Gasteiger partial charge is 0.360 e. The summed E-state index contributed by atoms with van der Waals surface area (Å²) in [7, 11) is 0. The fourth-order valence-corrected chi connectivity index (χ4v) is 1.55. The van der Waals surface area contributed by atoms with Gasteiger partial charge in [0.15, 0.2) is 5.82 Å². The molecule has 0 amide bonds. The Balaban J connectivity index is 2.10. The van der Waals surface area contributed by atoms with E-state index < -0.39 is 0 Å². The van der Waals surface area contributed by atoms with E-state index in [1.807, 2.05) is 13.0 Å². The predicted octanol–water partition coefficient (Wildman–Crippen LogP) is 0.988.